The molecule has 4 N–H and O–H groups in total. The van der Waals surface area contributed by atoms with Crippen molar-refractivity contribution in [1.29, 1.82) is 0 Å². The maximum atomic E-state index is 13.3. The van der Waals surface area contributed by atoms with Crippen molar-refractivity contribution in [2.75, 3.05) is 39.4 Å². The van der Waals surface area contributed by atoms with Gasteiger partial charge >= 0.3 is 13.1 Å². The average molecular weight is 537 g/mol. The first kappa shape index (κ1) is 28.6. The number of carbonyl (C=O) groups excluding carboxylic acids is 2. The number of furan rings is 1. The minimum atomic E-state index is -1.78. The molecule has 4 rings (SSSR count). The van der Waals surface area contributed by atoms with Crippen LogP contribution in [-0.4, -0.2) is 95.8 Å². The number of ether oxygens (including phenoxy) is 1. The van der Waals surface area contributed by atoms with Crippen LogP contribution >= 0.6 is 0 Å². The van der Waals surface area contributed by atoms with Crippen LogP contribution < -0.4 is 10.6 Å². The molecule has 3 heterocycles. The quantitative estimate of drug-likeness (QED) is 0.217. The molecule has 12 heteroatoms. The maximum Gasteiger partial charge on any atom is 0.475 e. The summed E-state index contributed by atoms with van der Waals surface area (Å²) in [6.07, 6.45) is 4.90. The van der Waals surface area contributed by atoms with Gasteiger partial charge in [-0.15, -0.1) is 0 Å². The summed E-state index contributed by atoms with van der Waals surface area (Å²) >= 11 is 0. The standard InChI is InChI=1S/C27H36BN5O6/c1-27(2,32-11-13-38-14-12-32)16-22(29-3)25(34)33-10-6-7-20(33)17-30-26(35)31-24(28(36)37)15-19-18-39-23-9-5-4-8-21(19)23/h4-5,8-9,16,18,20,24,36-37H,6-7,10-15,17H2,1-2H3,(H2,30,31,35)/t20-,24+/m1/s1. The normalized spacial score (nSPS) is 19.5. The molecule has 0 radical (unpaired) electrons. The zero-order valence-corrected chi connectivity index (χ0v) is 22.4. The molecule has 1 aromatic heterocycles. The summed E-state index contributed by atoms with van der Waals surface area (Å²) in [6, 6.07) is 6.55. The van der Waals surface area contributed by atoms with E-state index in [4.69, 9.17) is 15.7 Å². The lowest BCUT2D eigenvalue weighted by molar-refractivity contribution is -0.127. The fourth-order valence-corrected chi connectivity index (χ4v) is 5.26. The van der Waals surface area contributed by atoms with Crippen LogP contribution in [0.5, 0.6) is 0 Å². The van der Waals surface area contributed by atoms with E-state index >= 15 is 0 Å². The zero-order chi connectivity index (χ0) is 28.0. The summed E-state index contributed by atoms with van der Waals surface area (Å²) < 4.78 is 10.9. The second-order valence-electron chi connectivity index (χ2n) is 10.5. The number of hydrogen-bond acceptors (Lipinski definition) is 7. The molecule has 11 nitrogen and oxygen atoms in total. The molecule has 2 saturated heterocycles. The Labute approximate surface area is 228 Å². The molecule has 208 valence electrons. The number of urea groups is 1. The summed E-state index contributed by atoms with van der Waals surface area (Å²) in [5.41, 5.74) is 1.01. The van der Waals surface area contributed by atoms with Crippen LogP contribution in [0.25, 0.3) is 15.8 Å². The van der Waals surface area contributed by atoms with Gasteiger partial charge in [-0.05, 0) is 44.7 Å². The Kier molecular flexibility index (Phi) is 9.30. The highest BCUT2D eigenvalue weighted by molar-refractivity contribution is 6.43. The van der Waals surface area contributed by atoms with Crippen molar-refractivity contribution in [1.82, 2.24) is 20.4 Å². The molecule has 0 aliphatic carbocycles. The molecule has 2 aliphatic rings. The van der Waals surface area contributed by atoms with E-state index in [2.05, 4.69) is 20.4 Å². The molecule has 3 amide bonds. The molecule has 0 bridgehead atoms. The second kappa shape index (κ2) is 12.7. The van der Waals surface area contributed by atoms with Crippen LogP contribution in [0.15, 0.2) is 46.7 Å². The predicted octanol–water partition coefficient (Wildman–Crippen LogP) is 1.56. The van der Waals surface area contributed by atoms with Crippen LogP contribution in [0.1, 0.15) is 32.3 Å². The number of nitrogens with one attached hydrogen (secondary N) is 2. The molecule has 2 aliphatic heterocycles. The van der Waals surface area contributed by atoms with E-state index in [1.807, 2.05) is 38.1 Å². The molecule has 2 atom stereocenters. The topological polar surface area (TPSA) is 132 Å². The van der Waals surface area contributed by atoms with E-state index in [0.29, 0.717) is 31.8 Å². The monoisotopic (exact) mass is 537 g/mol. The number of morpholine rings is 1. The summed E-state index contributed by atoms with van der Waals surface area (Å²) in [7, 11) is -1.78. The number of nitrogens with zero attached hydrogens (tertiary/aromatic N) is 3. The van der Waals surface area contributed by atoms with Gasteiger partial charge in [-0.2, -0.15) is 0 Å². The summed E-state index contributed by atoms with van der Waals surface area (Å²) in [6.45, 7) is 15.0. The third kappa shape index (κ3) is 6.99. The van der Waals surface area contributed by atoms with Crippen LogP contribution in [0.2, 0.25) is 0 Å². The Balaban J connectivity index is 1.35. The fraction of sp³-hybridized carbons (Fsp3) is 0.519. The molecule has 0 unspecified atom stereocenters. The molecule has 0 spiro atoms. The highest BCUT2D eigenvalue weighted by Crippen LogP contribution is 2.25. The van der Waals surface area contributed by atoms with Crippen molar-refractivity contribution in [2.24, 2.45) is 0 Å². The summed E-state index contributed by atoms with van der Waals surface area (Å²) in [4.78, 5) is 33.4. The number of benzene rings is 1. The lowest BCUT2D eigenvalue weighted by Gasteiger charge is -2.39. The summed E-state index contributed by atoms with van der Waals surface area (Å²) in [5, 5.41) is 26.0. The first-order valence-corrected chi connectivity index (χ1v) is 13.3. The molecule has 0 saturated carbocycles. The van der Waals surface area contributed by atoms with Gasteiger partial charge in [0.1, 0.15) is 5.58 Å². The van der Waals surface area contributed by atoms with Crippen molar-refractivity contribution in [3.63, 3.8) is 0 Å². The minimum Gasteiger partial charge on any atom is -0.464 e. The first-order chi connectivity index (χ1) is 18.7. The van der Waals surface area contributed by atoms with Crippen molar-refractivity contribution >= 4 is 30.0 Å². The third-order valence-electron chi connectivity index (χ3n) is 7.47. The van der Waals surface area contributed by atoms with Crippen molar-refractivity contribution < 1.29 is 28.8 Å². The summed E-state index contributed by atoms with van der Waals surface area (Å²) in [5.74, 6) is -1.31. The van der Waals surface area contributed by atoms with E-state index in [1.165, 1.54) is 0 Å². The zero-order valence-electron chi connectivity index (χ0n) is 22.4. The molecule has 39 heavy (non-hydrogen) atoms. The Morgan fingerprint density at radius 2 is 2.00 bits per heavy atom. The molecule has 2 aromatic rings. The van der Waals surface area contributed by atoms with Gasteiger partial charge in [0.2, 0.25) is 5.70 Å². The Bertz CT molecular complexity index is 1230. The van der Waals surface area contributed by atoms with Crippen LogP contribution in [-0.2, 0) is 16.0 Å². The smallest absolute Gasteiger partial charge is 0.464 e. The SMILES string of the molecule is [C-]#[N+]C(=CC(C)(C)N1CCOCC1)C(=O)N1CCC[C@@H]1CNC(=O)N[C@@H](Cc1coc2ccccc12)B(O)O. The van der Waals surface area contributed by atoms with Gasteiger partial charge in [-0.1, -0.05) is 24.3 Å². The van der Waals surface area contributed by atoms with Crippen molar-refractivity contribution in [2.45, 2.75) is 50.6 Å². The largest absolute Gasteiger partial charge is 0.475 e. The first-order valence-electron chi connectivity index (χ1n) is 13.3. The minimum absolute atomic E-state index is 0.0682. The van der Waals surface area contributed by atoms with E-state index in [0.717, 1.165) is 30.5 Å². The van der Waals surface area contributed by atoms with Crippen molar-refractivity contribution in [3.8, 4) is 0 Å². The van der Waals surface area contributed by atoms with Gasteiger partial charge < -0.3 is 34.7 Å². The Hall–Kier alpha value is -3.37. The number of rotatable bonds is 9. The maximum absolute atomic E-state index is 13.3. The predicted molar refractivity (Wildman–Crippen MR) is 146 cm³/mol. The lowest BCUT2D eigenvalue weighted by Crippen LogP contribution is -2.53. The van der Waals surface area contributed by atoms with Gasteiger partial charge in [0, 0.05) is 43.1 Å². The van der Waals surface area contributed by atoms with Crippen LogP contribution in [0.3, 0.4) is 0 Å². The number of carbonyl (C=O) groups is 2. The number of hydrogen-bond donors (Lipinski definition) is 4. The fourth-order valence-electron chi connectivity index (χ4n) is 5.26. The molecule has 2 fully saturated rings. The Morgan fingerprint density at radius 1 is 1.26 bits per heavy atom. The van der Waals surface area contributed by atoms with Gasteiger partial charge in [0.25, 0.3) is 5.91 Å². The van der Waals surface area contributed by atoms with Crippen LogP contribution in [0, 0.1) is 6.57 Å². The lowest BCUT2D eigenvalue weighted by atomic mass is 9.76. The molecular formula is C27H36BN5O6. The number of para-hydroxylation sites is 1. The number of fused-ring (bicyclic) bond motifs is 1. The van der Waals surface area contributed by atoms with E-state index < -0.39 is 24.6 Å². The van der Waals surface area contributed by atoms with Crippen LogP contribution in [0.4, 0.5) is 4.79 Å². The molecular weight excluding hydrogens is 501 g/mol. The Morgan fingerprint density at radius 3 is 2.72 bits per heavy atom. The number of amides is 3. The van der Waals surface area contributed by atoms with E-state index in [9.17, 15) is 19.6 Å². The van der Waals surface area contributed by atoms with Gasteiger partial charge in [-0.25, -0.2) is 9.64 Å². The van der Waals surface area contributed by atoms with E-state index in [-0.39, 0.29) is 30.6 Å². The van der Waals surface area contributed by atoms with E-state index in [1.54, 1.807) is 17.2 Å². The highest BCUT2D eigenvalue weighted by Gasteiger charge is 2.34. The van der Waals surface area contributed by atoms with Gasteiger partial charge in [-0.3, -0.25) is 9.69 Å². The van der Waals surface area contributed by atoms with Gasteiger partial charge in [0.05, 0.1) is 32.0 Å². The molecule has 1 aromatic carbocycles. The second-order valence-corrected chi connectivity index (χ2v) is 10.5. The average Bonchev–Trinajstić information content (AvgIpc) is 3.57. The van der Waals surface area contributed by atoms with Gasteiger partial charge in [0.15, 0.2) is 0 Å². The third-order valence-corrected chi connectivity index (χ3v) is 7.47. The van der Waals surface area contributed by atoms with Crippen molar-refractivity contribution in [3.05, 3.63) is 59.3 Å². The number of likely N-dealkylation sites (tertiary alicyclic amines) is 1. The highest BCUT2D eigenvalue weighted by atomic mass is 16.5.